The van der Waals surface area contributed by atoms with Crippen molar-refractivity contribution in [3.8, 4) is 0 Å². The predicted molar refractivity (Wildman–Crippen MR) is 78.6 cm³/mol. The monoisotopic (exact) mass is 348 g/mol. The Balaban J connectivity index is -0.000000184. The first kappa shape index (κ1) is 22.5. The Hall–Kier alpha value is 0.293. The molecule has 2 aliphatic rings. The van der Waals surface area contributed by atoms with E-state index in [-0.39, 0.29) is 24.8 Å². The molecule has 0 aromatic heterocycles. The second-order valence-corrected chi connectivity index (χ2v) is 3.45. The van der Waals surface area contributed by atoms with Crippen LogP contribution in [0.3, 0.4) is 0 Å². The summed E-state index contributed by atoms with van der Waals surface area (Å²) in [6.07, 6.45) is 14.6. The molecule has 0 saturated carbocycles. The molecule has 0 nitrogen and oxygen atoms in total. The molecule has 0 fully saturated rings. The summed E-state index contributed by atoms with van der Waals surface area (Å²) >= 11 is 1.30. The van der Waals surface area contributed by atoms with Crippen molar-refractivity contribution in [2.24, 2.45) is 0 Å². The Morgan fingerprint density at radius 2 is 1.76 bits per heavy atom. The molecule has 17 heavy (non-hydrogen) atoms. The summed E-state index contributed by atoms with van der Waals surface area (Å²) in [6.45, 7) is 6.32. The molecule has 2 rings (SSSR count). The summed E-state index contributed by atoms with van der Waals surface area (Å²) in [4.78, 5) is 0. The molecular weight excluding hydrogens is 330 g/mol. The van der Waals surface area contributed by atoms with Gasteiger partial charge < -0.3 is 0 Å². The van der Waals surface area contributed by atoms with E-state index < -0.39 is 0 Å². The van der Waals surface area contributed by atoms with Crippen molar-refractivity contribution in [2.75, 3.05) is 0 Å². The molecule has 0 aromatic rings. The predicted octanol–water partition coefficient (Wildman–Crippen LogP) is 4.59. The van der Waals surface area contributed by atoms with Gasteiger partial charge in [-0.25, -0.2) is 23.3 Å². The van der Waals surface area contributed by atoms with E-state index >= 15 is 0 Å². The summed E-state index contributed by atoms with van der Waals surface area (Å²) in [5, 5.41) is 0. The molecular formula is C14H20Cl2Zr. The average molecular weight is 350 g/mol. The minimum atomic E-state index is 0. The molecule has 94 valence electrons. The fourth-order valence-electron chi connectivity index (χ4n) is 1.13. The van der Waals surface area contributed by atoms with Crippen LogP contribution in [0.25, 0.3) is 0 Å². The van der Waals surface area contributed by atoms with Gasteiger partial charge in [-0.1, -0.05) is 13.8 Å². The van der Waals surface area contributed by atoms with Gasteiger partial charge in [-0.15, -0.1) is 44.6 Å². The molecule has 0 bridgehead atoms. The Labute approximate surface area is 133 Å². The van der Waals surface area contributed by atoms with Crippen LogP contribution < -0.4 is 0 Å². The second-order valence-electron chi connectivity index (χ2n) is 3.45. The third-order valence-corrected chi connectivity index (χ3v) is 2.23. The first-order chi connectivity index (χ1) is 7.20. The number of allylic oxidation sites excluding steroid dienone is 8. The third kappa shape index (κ3) is 11.1. The van der Waals surface area contributed by atoms with Crippen LogP contribution in [0, 0.1) is 12.2 Å². The van der Waals surface area contributed by atoms with Gasteiger partial charge in [0, 0.05) is 0 Å². The van der Waals surface area contributed by atoms with Crippen molar-refractivity contribution in [2.45, 2.75) is 33.6 Å². The number of hydrogen-bond acceptors (Lipinski definition) is 0. The Morgan fingerprint density at radius 1 is 1.18 bits per heavy atom. The van der Waals surface area contributed by atoms with E-state index in [1.807, 2.05) is 0 Å². The molecule has 0 spiro atoms. The van der Waals surface area contributed by atoms with E-state index in [1.165, 1.54) is 41.0 Å². The SMILES string of the molecule is CC1=C(C)C[C-]=C1.CC1=[C-]CC=C1.Cl.Cl.[CH2]=[Zr+2]. The molecule has 0 aliphatic heterocycles. The van der Waals surface area contributed by atoms with Gasteiger partial charge in [0.25, 0.3) is 0 Å². The third-order valence-electron chi connectivity index (χ3n) is 2.23. The number of halogens is 2. The van der Waals surface area contributed by atoms with Crippen molar-refractivity contribution in [3.63, 3.8) is 0 Å². The van der Waals surface area contributed by atoms with Gasteiger partial charge >= 0.3 is 28.4 Å². The quantitative estimate of drug-likeness (QED) is 0.561. The summed E-state index contributed by atoms with van der Waals surface area (Å²) < 4.78 is 3.34. The van der Waals surface area contributed by atoms with Crippen molar-refractivity contribution in [1.82, 2.24) is 0 Å². The van der Waals surface area contributed by atoms with Crippen LogP contribution in [-0.2, 0) is 24.2 Å². The van der Waals surface area contributed by atoms with Gasteiger partial charge in [0.05, 0.1) is 0 Å². The summed E-state index contributed by atoms with van der Waals surface area (Å²) in [5.41, 5.74) is 4.12. The average Bonchev–Trinajstić information content (AvgIpc) is 2.84. The zero-order valence-corrected chi connectivity index (χ0v) is 14.8. The molecule has 0 unspecified atom stereocenters. The zero-order chi connectivity index (χ0) is 11.7. The Kier molecular flexibility index (Phi) is 19.0. The summed E-state index contributed by atoms with van der Waals surface area (Å²) in [5.74, 6) is 0. The number of hydrogen-bond donors (Lipinski definition) is 0. The van der Waals surface area contributed by atoms with E-state index in [9.17, 15) is 0 Å². The molecule has 0 radical (unpaired) electrons. The van der Waals surface area contributed by atoms with Gasteiger partial charge in [-0.3, -0.25) is 12.2 Å². The number of rotatable bonds is 0. The van der Waals surface area contributed by atoms with Crippen LogP contribution in [0.15, 0.2) is 34.9 Å². The normalized spacial score (nSPS) is 14.8. The van der Waals surface area contributed by atoms with Crippen molar-refractivity contribution in [1.29, 1.82) is 0 Å². The van der Waals surface area contributed by atoms with E-state index in [2.05, 4.69) is 55.4 Å². The van der Waals surface area contributed by atoms with Gasteiger partial charge in [-0.2, -0.15) is 11.6 Å². The molecule has 0 atom stereocenters. The summed E-state index contributed by atoms with van der Waals surface area (Å²) in [6, 6.07) is 0. The first-order valence-corrected chi connectivity index (χ1v) is 6.76. The van der Waals surface area contributed by atoms with Crippen molar-refractivity contribution < 1.29 is 24.2 Å². The Morgan fingerprint density at radius 3 is 1.88 bits per heavy atom. The van der Waals surface area contributed by atoms with Crippen LogP contribution in [0.2, 0.25) is 0 Å². The topological polar surface area (TPSA) is 0 Å². The van der Waals surface area contributed by atoms with Crippen LogP contribution in [-0.4, -0.2) is 4.21 Å². The maximum atomic E-state index is 3.34. The van der Waals surface area contributed by atoms with E-state index in [0.29, 0.717) is 0 Å². The molecule has 0 saturated heterocycles. The zero-order valence-electron chi connectivity index (χ0n) is 10.7. The van der Waals surface area contributed by atoms with Crippen LogP contribution in [0.4, 0.5) is 0 Å². The van der Waals surface area contributed by atoms with E-state index in [1.54, 1.807) is 0 Å². The maximum absolute atomic E-state index is 3.34. The summed E-state index contributed by atoms with van der Waals surface area (Å²) in [7, 11) is 0. The van der Waals surface area contributed by atoms with Gasteiger partial charge in [0.15, 0.2) is 0 Å². The van der Waals surface area contributed by atoms with Gasteiger partial charge in [-0.05, 0) is 0 Å². The van der Waals surface area contributed by atoms with Crippen molar-refractivity contribution in [3.05, 3.63) is 47.1 Å². The van der Waals surface area contributed by atoms with Crippen LogP contribution in [0.5, 0.6) is 0 Å². The molecule has 0 amide bonds. The fraction of sp³-hybridized carbons (Fsp3) is 0.357. The van der Waals surface area contributed by atoms with Gasteiger partial charge in [0.1, 0.15) is 0 Å². The molecule has 0 aromatic carbocycles. The van der Waals surface area contributed by atoms with Crippen LogP contribution >= 0.6 is 24.8 Å². The first-order valence-electron chi connectivity index (χ1n) is 5.02. The fourth-order valence-corrected chi connectivity index (χ4v) is 1.13. The van der Waals surface area contributed by atoms with E-state index in [0.717, 1.165) is 12.8 Å². The second kappa shape index (κ2) is 14.4. The van der Waals surface area contributed by atoms with Crippen LogP contribution in [0.1, 0.15) is 33.6 Å². The van der Waals surface area contributed by atoms with Gasteiger partial charge in [0.2, 0.25) is 0 Å². The molecule has 0 N–H and O–H groups in total. The molecule has 2 aliphatic carbocycles. The van der Waals surface area contributed by atoms with Crippen molar-refractivity contribution >= 4 is 29.0 Å². The van der Waals surface area contributed by atoms with E-state index in [4.69, 9.17) is 0 Å². The Bertz CT molecular complexity index is 309. The molecule has 0 heterocycles. The standard InChI is InChI=1S/C7H9.C6H7.CH2.2ClH.Zr/c1-6-4-3-5-7(6)2;1-6-4-2-3-5-6;;;;/h4H,5H2,1-2H3;2,4H,3H2,1H3;1H2;2*1H;/q2*-1;;;;+2. The minimum absolute atomic E-state index is 0. The molecule has 3 heteroatoms.